The molecule has 0 fully saturated rings. The highest BCUT2D eigenvalue weighted by molar-refractivity contribution is 6.84. The third-order valence-corrected chi connectivity index (χ3v) is 14.1. The van der Waals surface area contributed by atoms with Gasteiger partial charge in [-0.05, 0) is 85.1 Å². The van der Waals surface area contributed by atoms with E-state index in [4.69, 9.17) is 14.2 Å². The number of hydroxylamine groups is 1. The Morgan fingerprint density at radius 2 is 1.51 bits per heavy atom. The maximum atomic E-state index is 13.1. The molecule has 2 aromatic carbocycles. The van der Waals surface area contributed by atoms with E-state index in [9.17, 15) is 14.7 Å². The Bertz CT molecular complexity index is 1110. The van der Waals surface area contributed by atoms with E-state index in [0.29, 0.717) is 12.1 Å². The normalized spacial score (nSPS) is 12.0. The number of hydrogen-bond acceptors (Lipinski definition) is 7. The molecule has 11 heteroatoms. The van der Waals surface area contributed by atoms with Crippen LogP contribution >= 0.6 is 0 Å². The van der Waals surface area contributed by atoms with Crippen LogP contribution in [-0.4, -0.2) is 52.5 Å². The molecule has 0 aliphatic heterocycles. The van der Waals surface area contributed by atoms with Crippen molar-refractivity contribution in [2.24, 2.45) is 0 Å². The van der Waals surface area contributed by atoms with Crippen molar-refractivity contribution in [1.29, 1.82) is 0 Å². The van der Waals surface area contributed by atoms with E-state index in [2.05, 4.69) is 48.8 Å². The number of carbonyl (C=O) groups is 2. The number of hydrogen-bond donors (Lipinski definition) is 4. The van der Waals surface area contributed by atoms with Gasteiger partial charge in [-0.15, -0.1) is 0 Å². The van der Waals surface area contributed by atoms with Crippen molar-refractivity contribution in [3.63, 3.8) is 0 Å². The summed E-state index contributed by atoms with van der Waals surface area (Å²) in [7, 11) is -1.92. The zero-order valence-corrected chi connectivity index (χ0v) is 26.1. The van der Waals surface area contributed by atoms with Gasteiger partial charge in [0.05, 0.1) is 17.7 Å². The first kappa shape index (κ1) is 32.8. The van der Waals surface area contributed by atoms with Crippen molar-refractivity contribution < 1.29 is 33.8 Å². The minimum atomic E-state index is -1.87. The summed E-state index contributed by atoms with van der Waals surface area (Å²) >= 11 is 0. The fourth-order valence-corrected chi connectivity index (χ4v) is 13.7. The maximum absolute atomic E-state index is 13.1. The van der Waals surface area contributed by atoms with Gasteiger partial charge in [0.25, 0.3) is 5.91 Å². The summed E-state index contributed by atoms with van der Waals surface area (Å²) in [6, 6.07) is 12.3. The molecule has 0 saturated heterocycles. The molecule has 0 saturated carbocycles. The van der Waals surface area contributed by atoms with Gasteiger partial charge in [-0.2, -0.15) is 0 Å². The lowest BCUT2D eigenvalue weighted by molar-refractivity contribution is -0.253. The Morgan fingerprint density at radius 1 is 0.872 bits per heavy atom. The van der Waals surface area contributed by atoms with E-state index >= 15 is 0 Å². The van der Waals surface area contributed by atoms with Gasteiger partial charge in [0.2, 0.25) is 0 Å². The second-order valence-corrected chi connectivity index (χ2v) is 19.8. The first-order valence-electron chi connectivity index (χ1n) is 13.5. The highest BCUT2D eigenvalue weighted by Crippen LogP contribution is 2.27. The third kappa shape index (κ3) is 10.6. The number of carbonyl (C=O) groups excluding carboxylic acids is 1. The second-order valence-electron chi connectivity index (χ2n) is 10.9. The molecule has 0 aliphatic carbocycles. The van der Waals surface area contributed by atoms with E-state index in [1.165, 1.54) is 18.9 Å². The molecule has 216 valence electrons. The van der Waals surface area contributed by atoms with Crippen molar-refractivity contribution >= 4 is 28.5 Å². The Morgan fingerprint density at radius 3 is 2.13 bits per heavy atom. The SMILES string of the molecule is CCCC[Si](C)(C)O[Si](C)(C)CCCNC(=O)c1cc(-c2ccc(COO)c(CONC)c2)ccc1C(=O)O. The summed E-state index contributed by atoms with van der Waals surface area (Å²) in [6.45, 7) is 11.9. The molecule has 0 aromatic heterocycles. The van der Waals surface area contributed by atoms with Crippen molar-refractivity contribution in [3.8, 4) is 11.1 Å². The van der Waals surface area contributed by atoms with Crippen molar-refractivity contribution in [2.45, 2.75) is 77.7 Å². The minimum absolute atomic E-state index is 0.00256. The first-order valence-corrected chi connectivity index (χ1v) is 19.7. The topological polar surface area (TPSA) is 126 Å². The average molecular weight is 577 g/mol. The van der Waals surface area contributed by atoms with Gasteiger partial charge >= 0.3 is 5.97 Å². The summed E-state index contributed by atoms with van der Waals surface area (Å²) < 4.78 is 6.64. The molecule has 0 radical (unpaired) electrons. The van der Waals surface area contributed by atoms with Crippen LogP contribution in [0.2, 0.25) is 38.3 Å². The second kappa shape index (κ2) is 15.4. The Labute approximate surface area is 234 Å². The van der Waals surface area contributed by atoms with Gasteiger partial charge in [0.1, 0.15) is 6.61 Å². The van der Waals surface area contributed by atoms with Crippen LogP contribution in [0.25, 0.3) is 11.1 Å². The quantitative estimate of drug-likeness (QED) is 0.0777. The van der Waals surface area contributed by atoms with Gasteiger partial charge in [0, 0.05) is 13.6 Å². The van der Waals surface area contributed by atoms with E-state index in [-0.39, 0.29) is 24.3 Å². The average Bonchev–Trinajstić information content (AvgIpc) is 2.88. The van der Waals surface area contributed by atoms with Crippen LogP contribution in [0.3, 0.4) is 0 Å². The predicted molar refractivity (Wildman–Crippen MR) is 158 cm³/mol. The van der Waals surface area contributed by atoms with E-state index < -0.39 is 28.5 Å². The molecule has 0 unspecified atom stereocenters. The smallest absolute Gasteiger partial charge is 0.336 e. The van der Waals surface area contributed by atoms with Crippen molar-refractivity contribution in [3.05, 3.63) is 58.7 Å². The monoisotopic (exact) mass is 576 g/mol. The molecule has 39 heavy (non-hydrogen) atoms. The van der Waals surface area contributed by atoms with Crippen LogP contribution in [0.4, 0.5) is 0 Å². The maximum Gasteiger partial charge on any atom is 0.336 e. The molecule has 2 aromatic rings. The summed E-state index contributed by atoms with van der Waals surface area (Å²) in [5, 5.41) is 21.5. The Balaban J connectivity index is 2.15. The number of amides is 1. The van der Waals surface area contributed by atoms with Crippen LogP contribution in [0.1, 0.15) is 58.0 Å². The lowest BCUT2D eigenvalue weighted by Crippen LogP contribution is -2.44. The van der Waals surface area contributed by atoms with E-state index in [0.717, 1.165) is 35.2 Å². The molecule has 0 atom stereocenters. The fourth-order valence-electron chi connectivity index (χ4n) is 4.66. The Kier molecular flexibility index (Phi) is 13.0. The third-order valence-electron chi connectivity index (χ3n) is 6.55. The first-order chi connectivity index (χ1) is 18.4. The number of aromatic carboxylic acids is 1. The Hall–Kier alpha value is -2.39. The lowest BCUT2D eigenvalue weighted by atomic mass is 9.96. The molecule has 2 rings (SSSR count). The minimum Gasteiger partial charge on any atom is -0.478 e. The largest absolute Gasteiger partial charge is 0.478 e. The van der Waals surface area contributed by atoms with Crippen LogP contribution in [0, 0.1) is 0 Å². The number of unbranched alkanes of at least 4 members (excludes halogenated alkanes) is 1. The lowest BCUT2D eigenvalue weighted by Gasteiger charge is -2.34. The zero-order chi connectivity index (χ0) is 29.1. The number of carboxylic acid groups (broad SMARTS) is 1. The molecular formula is C28H44N2O7Si2. The van der Waals surface area contributed by atoms with Crippen molar-refractivity contribution in [2.75, 3.05) is 13.6 Å². The highest BCUT2D eigenvalue weighted by atomic mass is 28.4. The summed E-state index contributed by atoms with van der Waals surface area (Å²) in [5.74, 6) is -1.58. The van der Waals surface area contributed by atoms with Crippen LogP contribution in [0.5, 0.6) is 0 Å². The fraction of sp³-hybridized carbons (Fsp3) is 0.500. The molecule has 0 bridgehead atoms. The molecule has 0 heterocycles. The van der Waals surface area contributed by atoms with Crippen LogP contribution in [0.15, 0.2) is 36.4 Å². The summed E-state index contributed by atoms with van der Waals surface area (Å²) in [6.07, 6.45) is 3.13. The standard InChI is InChI=1S/C28H44N2O7Si2/c1-7-8-15-38(3,4)37-39(5,6)16-9-14-30-27(31)26-18-22(12-13-25(26)28(32)33)21-10-11-23(20-36-34)24(17-21)19-35-29-2/h10-13,17-18,29,34H,7-9,14-16,19-20H2,1-6H3,(H,30,31)(H,32,33). The number of benzene rings is 2. The van der Waals surface area contributed by atoms with Gasteiger partial charge in [0.15, 0.2) is 16.6 Å². The van der Waals surface area contributed by atoms with Gasteiger partial charge in [-0.25, -0.2) is 15.2 Å². The van der Waals surface area contributed by atoms with Crippen LogP contribution in [-0.2, 0) is 27.1 Å². The number of rotatable bonds is 17. The molecule has 0 spiro atoms. The number of nitrogens with one attached hydrogen (secondary N) is 2. The zero-order valence-electron chi connectivity index (χ0n) is 24.1. The van der Waals surface area contributed by atoms with Gasteiger partial charge in [-0.3, -0.25) is 14.9 Å². The van der Waals surface area contributed by atoms with Gasteiger partial charge < -0.3 is 14.5 Å². The highest BCUT2D eigenvalue weighted by Gasteiger charge is 2.32. The summed E-state index contributed by atoms with van der Waals surface area (Å²) in [4.78, 5) is 34.6. The number of carboxylic acids is 1. The molecule has 4 N–H and O–H groups in total. The molecule has 0 aliphatic rings. The molecule has 1 amide bonds. The molecular weight excluding hydrogens is 532 g/mol. The van der Waals surface area contributed by atoms with Crippen molar-refractivity contribution in [1.82, 2.24) is 10.8 Å². The summed E-state index contributed by atoms with van der Waals surface area (Å²) in [5.41, 5.74) is 5.65. The van der Waals surface area contributed by atoms with Crippen LogP contribution < -0.4 is 10.8 Å². The molecule has 9 nitrogen and oxygen atoms in total. The van der Waals surface area contributed by atoms with E-state index in [1.807, 2.05) is 12.1 Å². The van der Waals surface area contributed by atoms with Gasteiger partial charge in [-0.1, -0.05) is 38.0 Å². The van der Waals surface area contributed by atoms with E-state index in [1.54, 1.807) is 25.2 Å². The predicted octanol–water partition coefficient (Wildman–Crippen LogP) is 6.04.